The van der Waals surface area contributed by atoms with Gasteiger partial charge in [0.15, 0.2) is 5.82 Å². The molecule has 0 bridgehead atoms. The van der Waals surface area contributed by atoms with Crippen LogP contribution < -0.4 is 4.90 Å². The molecule has 0 fully saturated rings. The first-order chi connectivity index (χ1) is 12.1. The summed E-state index contributed by atoms with van der Waals surface area (Å²) in [6.07, 6.45) is 5.07. The molecular formula is C18H19N5O2. The summed E-state index contributed by atoms with van der Waals surface area (Å²) in [6.45, 7) is 2.31. The number of hydrogen-bond acceptors (Lipinski definition) is 5. The molecule has 3 heterocycles. The van der Waals surface area contributed by atoms with E-state index in [-0.39, 0.29) is 11.8 Å². The standard InChI is InChI=1S/C18H19N5O2/c1-12(24)23-11-13(14-5-3-4-6-15(14)23)7-8-16-20-17(21-25-16)18-19-9-10-22(18)2/h3-6,9-10,13H,7-8,11H2,1-2H3. The zero-order valence-corrected chi connectivity index (χ0v) is 14.2. The molecule has 25 heavy (non-hydrogen) atoms. The summed E-state index contributed by atoms with van der Waals surface area (Å²) in [5.41, 5.74) is 2.22. The number of aryl methyl sites for hydroxylation is 2. The van der Waals surface area contributed by atoms with E-state index in [1.165, 1.54) is 5.56 Å². The van der Waals surface area contributed by atoms with Crippen LogP contribution in [0.1, 0.15) is 30.7 Å². The maximum atomic E-state index is 11.9. The molecule has 0 saturated carbocycles. The number of benzene rings is 1. The minimum Gasteiger partial charge on any atom is -0.339 e. The molecule has 2 aromatic heterocycles. The first-order valence-electron chi connectivity index (χ1n) is 8.31. The molecule has 1 aliphatic rings. The van der Waals surface area contributed by atoms with E-state index in [0.29, 0.717) is 30.5 Å². The van der Waals surface area contributed by atoms with Crippen LogP contribution in [0, 0.1) is 0 Å². The summed E-state index contributed by atoms with van der Waals surface area (Å²) >= 11 is 0. The van der Waals surface area contributed by atoms with Gasteiger partial charge in [0, 0.05) is 50.9 Å². The summed E-state index contributed by atoms with van der Waals surface area (Å²) in [6, 6.07) is 8.08. The third kappa shape index (κ3) is 2.82. The molecule has 0 aliphatic carbocycles. The van der Waals surface area contributed by atoms with Crippen molar-refractivity contribution in [1.82, 2.24) is 19.7 Å². The SMILES string of the molecule is CC(=O)N1CC(CCc2nc(-c3nccn3C)no2)c2ccccc21. The van der Waals surface area contributed by atoms with Gasteiger partial charge in [-0.05, 0) is 18.1 Å². The van der Waals surface area contributed by atoms with Gasteiger partial charge in [-0.3, -0.25) is 4.79 Å². The van der Waals surface area contributed by atoms with Crippen molar-refractivity contribution in [3.63, 3.8) is 0 Å². The van der Waals surface area contributed by atoms with E-state index < -0.39 is 0 Å². The maximum Gasteiger partial charge on any atom is 0.238 e. The third-order valence-electron chi connectivity index (χ3n) is 4.65. The fraction of sp³-hybridized carbons (Fsp3) is 0.333. The fourth-order valence-corrected chi connectivity index (χ4v) is 3.37. The Labute approximate surface area is 145 Å². The molecule has 3 aromatic rings. The number of para-hydroxylation sites is 1. The summed E-state index contributed by atoms with van der Waals surface area (Å²) in [5.74, 6) is 2.13. The van der Waals surface area contributed by atoms with Crippen LogP contribution in [0.15, 0.2) is 41.2 Å². The fourth-order valence-electron chi connectivity index (χ4n) is 3.37. The predicted molar refractivity (Wildman–Crippen MR) is 92.0 cm³/mol. The van der Waals surface area contributed by atoms with Gasteiger partial charge in [-0.15, -0.1) is 0 Å². The molecule has 0 N–H and O–H groups in total. The van der Waals surface area contributed by atoms with Gasteiger partial charge in [-0.2, -0.15) is 4.98 Å². The summed E-state index contributed by atoms with van der Waals surface area (Å²) in [5, 5.41) is 4.02. The Balaban J connectivity index is 1.48. The van der Waals surface area contributed by atoms with Crippen LogP contribution >= 0.6 is 0 Å². The quantitative estimate of drug-likeness (QED) is 0.731. The molecule has 1 aromatic carbocycles. The van der Waals surface area contributed by atoms with E-state index in [1.54, 1.807) is 13.1 Å². The van der Waals surface area contributed by atoms with Crippen LogP contribution in [-0.2, 0) is 18.3 Å². The van der Waals surface area contributed by atoms with Gasteiger partial charge in [0.25, 0.3) is 0 Å². The molecule has 1 aliphatic heterocycles. The first kappa shape index (κ1) is 15.6. The van der Waals surface area contributed by atoms with E-state index in [9.17, 15) is 4.79 Å². The Morgan fingerprint density at radius 1 is 1.36 bits per heavy atom. The number of carbonyl (C=O) groups is 1. The molecule has 7 nitrogen and oxygen atoms in total. The summed E-state index contributed by atoms with van der Waals surface area (Å²) in [4.78, 5) is 22.4. The normalized spacial score (nSPS) is 16.2. The van der Waals surface area contributed by atoms with Crippen LogP contribution in [0.2, 0.25) is 0 Å². The molecule has 128 valence electrons. The smallest absolute Gasteiger partial charge is 0.238 e. The number of carbonyl (C=O) groups excluding carboxylic acids is 1. The monoisotopic (exact) mass is 337 g/mol. The van der Waals surface area contributed by atoms with E-state index in [1.807, 2.05) is 40.9 Å². The van der Waals surface area contributed by atoms with Crippen LogP contribution in [0.3, 0.4) is 0 Å². The second kappa shape index (κ2) is 6.16. The zero-order chi connectivity index (χ0) is 17.4. The highest BCUT2D eigenvalue weighted by atomic mass is 16.5. The Kier molecular flexibility index (Phi) is 3.83. The van der Waals surface area contributed by atoms with Gasteiger partial charge < -0.3 is 14.0 Å². The maximum absolute atomic E-state index is 11.9. The number of anilines is 1. The average Bonchev–Trinajstić information content (AvgIpc) is 3.30. The van der Waals surface area contributed by atoms with Gasteiger partial charge in [0.1, 0.15) is 0 Å². The van der Waals surface area contributed by atoms with Crippen molar-refractivity contribution >= 4 is 11.6 Å². The highest BCUT2D eigenvalue weighted by Crippen LogP contribution is 2.38. The van der Waals surface area contributed by atoms with Crippen LogP contribution in [0.4, 0.5) is 5.69 Å². The lowest BCUT2D eigenvalue weighted by Crippen LogP contribution is -2.27. The van der Waals surface area contributed by atoms with Crippen molar-refractivity contribution < 1.29 is 9.32 Å². The lowest BCUT2D eigenvalue weighted by Gasteiger charge is -2.14. The minimum atomic E-state index is 0.0739. The molecular weight excluding hydrogens is 318 g/mol. The molecule has 4 rings (SSSR count). The lowest BCUT2D eigenvalue weighted by atomic mass is 9.96. The van der Waals surface area contributed by atoms with Gasteiger partial charge in [0.2, 0.25) is 17.6 Å². The second-order valence-corrected chi connectivity index (χ2v) is 6.30. The van der Waals surface area contributed by atoms with E-state index in [0.717, 1.165) is 12.1 Å². The van der Waals surface area contributed by atoms with Gasteiger partial charge in [-0.1, -0.05) is 23.4 Å². The third-order valence-corrected chi connectivity index (χ3v) is 4.65. The van der Waals surface area contributed by atoms with Gasteiger partial charge >= 0.3 is 0 Å². The first-order valence-corrected chi connectivity index (χ1v) is 8.31. The van der Waals surface area contributed by atoms with Crippen LogP contribution in [0.25, 0.3) is 11.6 Å². The largest absolute Gasteiger partial charge is 0.339 e. The number of fused-ring (bicyclic) bond motifs is 1. The molecule has 0 spiro atoms. The highest BCUT2D eigenvalue weighted by molar-refractivity contribution is 5.94. The van der Waals surface area contributed by atoms with Crippen molar-refractivity contribution in [2.24, 2.45) is 7.05 Å². The number of rotatable bonds is 4. The number of hydrogen-bond donors (Lipinski definition) is 0. The summed E-state index contributed by atoms with van der Waals surface area (Å²) in [7, 11) is 1.89. The van der Waals surface area contributed by atoms with Crippen LogP contribution in [-0.4, -0.2) is 32.1 Å². The van der Waals surface area contributed by atoms with Crippen molar-refractivity contribution in [3.8, 4) is 11.6 Å². The number of amides is 1. The van der Waals surface area contributed by atoms with Crippen molar-refractivity contribution in [1.29, 1.82) is 0 Å². The van der Waals surface area contributed by atoms with E-state index in [2.05, 4.69) is 21.2 Å². The minimum absolute atomic E-state index is 0.0739. The highest BCUT2D eigenvalue weighted by Gasteiger charge is 2.30. The molecule has 0 radical (unpaired) electrons. The molecule has 1 atom stereocenters. The van der Waals surface area contributed by atoms with Crippen LogP contribution in [0.5, 0.6) is 0 Å². The zero-order valence-electron chi connectivity index (χ0n) is 14.2. The predicted octanol–water partition coefficient (Wildman–Crippen LogP) is 2.55. The van der Waals surface area contributed by atoms with Gasteiger partial charge in [0.05, 0.1) is 0 Å². The lowest BCUT2D eigenvalue weighted by molar-refractivity contribution is -0.116. The summed E-state index contributed by atoms with van der Waals surface area (Å²) < 4.78 is 7.22. The van der Waals surface area contributed by atoms with Gasteiger partial charge in [-0.25, -0.2) is 4.98 Å². The Bertz CT molecular complexity index is 914. The number of aromatic nitrogens is 4. The Hall–Kier alpha value is -2.96. The average molecular weight is 337 g/mol. The van der Waals surface area contributed by atoms with Crippen molar-refractivity contribution in [3.05, 3.63) is 48.1 Å². The van der Waals surface area contributed by atoms with Crippen molar-refractivity contribution in [2.45, 2.75) is 25.7 Å². The number of imidazole rings is 1. The molecule has 0 saturated heterocycles. The Morgan fingerprint density at radius 3 is 2.96 bits per heavy atom. The van der Waals surface area contributed by atoms with E-state index >= 15 is 0 Å². The molecule has 1 amide bonds. The topological polar surface area (TPSA) is 77.1 Å². The molecule has 1 unspecified atom stereocenters. The Morgan fingerprint density at radius 2 is 2.20 bits per heavy atom. The number of nitrogens with zero attached hydrogens (tertiary/aromatic N) is 5. The molecule has 7 heteroatoms. The van der Waals surface area contributed by atoms with E-state index in [4.69, 9.17) is 4.52 Å². The van der Waals surface area contributed by atoms with Crippen molar-refractivity contribution in [2.75, 3.05) is 11.4 Å². The second-order valence-electron chi connectivity index (χ2n) is 6.30.